The molecule has 0 aliphatic heterocycles. The van der Waals surface area contributed by atoms with E-state index in [9.17, 15) is 14.7 Å². The normalized spacial score (nSPS) is 10.6. The molecule has 0 radical (unpaired) electrons. The van der Waals surface area contributed by atoms with Crippen LogP contribution < -0.4 is 10.6 Å². The highest BCUT2D eigenvalue weighted by Crippen LogP contribution is 2.35. The Hall–Kier alpha value is -2.71. The largest absolute Gasteiger partial charge is 0.507 e. The number of amides is 2. The van der Waals surface area contributed by atoms with Crippen molar-refractivity contribution in [3.05, 3.63) is 45.6 Å². The average Bonchev–Trinajstić information content (AvgIpc) is 3.14. The predicted molar refractivity (Wildman–Crippen MR) is 105 cm³/mol. The molecule has 0 aliphatic carbocycles. The lowest BCUT2D eigenvalue weighted by Crippen LogP contribution is -2.13. The Morgan fingerprint density at radius 1 is 1.08 bits per heavy atom. The number of aromatic nitrogens is 1. The van der Waals surface area contributed by atoms with E-state index >= 15 is 0 Å². The summed E-state index contributed by atoms with van der Waals surface area (Å²) in [5, 5.41) is 15.7. The predicted octanol–water partition coefficient (Wildman–Crippen LogP) is 4.40. The summed E-state index contributed by atoms with van der Waals surface area (Å²) in [5.41, 5.74) is 1.35. The first-order valence-electron chi connectivity index (χ1n) is 7.79. The van der Waals surface area contributed by atoms with Gasteiger partial charge in [0.05, 0.1) is 16.1 Å². The molecule has 0 spiro atoms. The van der Waals surface area contributed by atoms with Crippen LogP contribution in [-0.2, 0) is 4.79 Å². The first kappa shape index (κ1) is 18.1. The van der Waals surface area contributed by atoms with E-state index in [0.717, 1.165) is 15.4 Å². The Kier molecular flexibility index (Phi) is 5.06. The van der Waals surface area contributed by atoms with Crippen molar-refractivity contribution in [1.82, 2.24) is 4.98 Å². The van der Waals surface area contributed by atoms with E-state index in [0.29, 0.717) is 10.8 Å². The van der Waals surface area contributed by atoms with Gasteiger partial charge in [-0.3, -0.25) is 14.9 Å². The van der Waals surface area contributed by atoms with E-state index < -0.39 is 5.91 Å². The van der Waals surface area contributed by atoms with Crippen LogP contribution in [0.5, 0.6) is 5.75 Å². The van der Waals surface area contributed by atoms with Crippen LogP contribution >= 0.6 is 22.7 Å². The number of aromatic hydroxyl groups is 1. The van der Waals surface area contributed by atoms with E-state index in [-0.39, 0.29) is 17.2 Å². The molecule has 0 aliphatic rings. The maximum absolute atomic E-state index is 12.5. The van der Waals surface area contributed by atoms with E-state index in [1.54, 1.807) is 11.3 Å². The molecule has 0 atom stereocenters. The molecule has 3 N–H and O–H groups in total. The number of rotatable bonds is 4. The SMILES string of the molecule is CC(=O)Nc1ccc(O)c(C(=O)Nc2nc(-c3ccc(C)s3)c(C)s2)c1. The molecular weight excluding hydrogens is 370 g/mol. The zero-order valence-electron chi connectivity index (χ0n) is 14.4. The lowest BCUT2D eigenvalue weighted by Gasteiger charge is -2.07. The maximum Gasteiger partial charge on any atom is 0.261 e. The van der Waals surface area contributed by atoms with Crippen LogP contribution in [0, 0.1) is 13.8 Å². The van der Waals surface area contributed by atoms with Gasteiger partial charge in [0, 0.05) is 22.4 Å². The van der Waals surface area contributed by atoms with Gasteiger partial charge in [0.2, 0.25) is 5.91 Å². The average molecular weight is 387 g/mol. The van der Waals surface area contributed by atoms with Crippen LogP contribution in [0.15, 0.2) is 30.3 Å². The van der Waals surface area contributed by atoms with Crippen LogP contribution in [0.2, 0.25) is 0 Å². The first-order valence-corrected chi connectivity index (χ1v) is 9.43. The van der Waals surface area contributed by atoms with Gasteiger partial charge in [-0.05, 0) is 44.2 Å². The summed E-state index contributed by atoms with van der Waals surface area (Å²) >= 11 is 3.02. The lowest BCUT2D eigenvalue weighted by molar-refractivity contribution is -0.114. The Bertz CT molecular complexity index is 991. The van der Waals surface area contributed by atoms with Crippen LogP contribution in [0.4, 0.5) is 10.8 Å². The summed E-state index contributed by atoms with van der Waals surface area (Å²) in [6.45, 7) is 5.36. The number of phenols is 1. The van der Waals surface area contributed by atoms with E-state index in [1.165, 1.54) is 41.3 Å². The van der Waals surface area contributed by atoms with Gasteiger partial charge in [-0.25, -0.2) is 4.98 Å². The summed E-state index contributed by atoms with van der Waals surface area (Å²) in [4.78, 5) is 31.4. The van der Waals surface area contributed by atoms with Crippen LogP contribution in [-0.4, -0.2) is 21.9 Å². The number of nitrogens with zero attached hydrogens (tertiary/aromatic N) is 1. The zero-order chi connectivity index (χ0) is 18.8. The van der Waals surface area contributed by atoms with Gasteiger partial charge in [0.25, 0.3) is 5.91 Å². The summed E-state index contributed by atoms with van der Waals surface area (Å²) in [5.74, 6) is -0.912. The molecule has 1 aromatic carbocycles. The molecule has 8 heteroatoms. The fourth-order valence-electron chi connectivity index (χ4n) is 2.40. The number of thiophene rings is 1. The monoisotopic (exact) mass is 387 g/mol. The van der Waals surface area contributed by atoms with Crippen molar-refractivity contribution in [2.45, 2.75) is 20.8 Å². The molecule has 134 valence electrons. The number of benzene rings is 1. The fraction of sp³-hybridized carbons (Fsp3) is 0.167. The third-order valence-corrected chi connectivity index (χ3v) is 5.45. The molecule has 0 saturated carbocycles. The topological polar surface area (TPSA) is 91.3 Å². The summed E-state index contributed by atoms with van der Waals surface area (Å²) in [7, 11) is 0. The van der Waals surface area contributed by atoms with Crippen molar-refractivity contribution in [3.63, 3.8) is 0 Å². The Balaban J connectivity index is 1.83. The van der Waals surface area contributed by atoms with Crippen molar-refractivity contribution in [2.24, 2.45) is 0 Å². The van der Waals surface area contributed by atoms with Gasteiger partial charge in [0.1, 0.15) is 5.75 Å². The quantitative estimate of drug-likeness (QED) is 0.579. The van der Waals surface area contributed by atoms with Gasteiger partial charge >= 0.3 is 0 Å². The van der Waals surface area contributed by atoms with Gasteiger partial charge in [-0.15, -0.1) is 22.7 Å². The number of carbonyl (C=O) groups is 2. The Morgan fingerprint density at radius 3 is 2.50 bits per heavy atom. The molecule has 3 rings (SSSR count). The lowest BCUT2D eigenvalue weighted by atomic mass is 10.1. The standard InChI is InChI=1S/C18H17N3O3S2/c1-9-4-7-15(25-9)16-10(2)26-18(20-16)21-17(24)13-8-12(19-11(3)22)5-6-14(13)23/h4-8,23H,1-3H3,(H,19,22)(H,20,21,24). The minimum absolute atomic E-state index is 0.0672. The smallest absolute Gasteiger partial charge is 0.261 e. The number of nitrogens with one attached hydrogen (secondary N) is 2. The fourth-order valence-corrected chi connectivity index (χ4v) is 4.21. The van der Waals surface area contributed by atoms with Crippen LogP contribution in [0.3, 0.4) is 0 Å². The molecule has 0 bridgehead atoms. The molecular formula is C18H17N3O3S2. The molecule has 26 heavy (non-hydrogen) atoms. The number of anilines is 2. The summed E-state index contributed by atoms with van der Waals surface area (Å²) < 4.78 is 0. The number of hydrogen-bond acceptors (Lipinski definition) is 6. The molecule has 2 amide bonds. The van der Waals surface area contributed by atoms with Gasteiger partial charge in [0.15, 0.2) is 5.13 Å². The van der Waals surface area contributed by atoms with Gasteiger partial charge in [-0.1, -0.05) is 0 Å². The molecule has 2 heterocycles. The second-order valence-corrected chi connectivity index (χ2v) is 8.19. The first-order chi connectivity index (χ1) is 12.3. The second-order valence-electron chi connectivity index (χ2n) is 5.70. The summed E-state index contributed by atoms with van der Waals surface area (Å²) in [6.07, 6.45) is 0. The molecule has 0 saturated heterocycles. The zero-order valence-corrected chi connectivity index (χ0v) is 16.0. The third kappa shape index (κ3) is 3.92. The number of thiazole rings is 1. The van der Waals surface area contributed by atoms with E-state index in [4.69, 9.17) is 0 Å². The number of aryl methyl sites for hydroxylation is 2. The van der Waals surface area contributed by atoms with E-state index in [2.05, 4.69) is 15.6 Å². The molecule has 2 aromatic heterocycles. The molecule has 0 fully saturated rings. The molecule has 3 aromatic rings. The minimum atomic E-state index is -0.489. The third-order valence-electron chi connectivity index (χ3n) is 3.55. The van der Waals surface area contributed by atoms with Gasteiger partial charge in [-0.2, -0.15) is 0 Å². The summed E-state index contributed by atoms with van der Waals surface area (Å²) in [6, 6.07) is 8.36. The number of phenolic OH excluding ortho intramolecular Hbond substituents is 1. The van der Waals surface area contributed by atoms with Crippen molar-refractivity contribution >= 4 is 45.3 Å². The Labute approximate surface area is 158 Å². The highest BCUT2D eigenvalue weighted by Gasteiger charge is 2.17. The molecule has 6 nitrogen and oxygen atoms in total. The second kappa shape index (κ2) is 7.27. The maximum atomic E-state index is 12.5. The van der Waals surface area contributed by atoms with Gasteiger partial charge < -0.3 is 10.4 Å². The van der Waals surface area contributed by atoms with Crippen LogP contribution in [0.25, 0.3) is 10.6 Å². The van der Waals surface area contributed by atoms with Crippen molar-refractivity contribution < 1.29 is 14.7 Å². The number of carbonyl (C=O) groups excluding carboxylic acids is 2. The van der Waals surface area contributed by atoms with Crippen molar-refractivity contribution in [2.75, 3.05) is 10.6 Å². The number of hydrogen-bond donors (Lipinski definition) is 3. The Morgan fingerprint density at radius 2 is 1.85 bits per heavy atom. The molecule has 0 unspecified atom stereocenters. The highest BCUT2D eigenvalue weighted by atomic mass is 32.1. The highest BCUT2D eigenvalue weighted by molar-refractivity contribution is 7.18. The van der Waals surface area contributed by atoms with Crippen molar-refractivity contribution in [3.8, 4) is 16.3 Å². The van der Waals surface area contributed by atoms with E-state index in [1.807, 2.05) is 26.0 Å². The minimum Gasteiger partial charge on any atom is -0.507 e. The van der Waals surface area contributed by atoms with Crippen molar-refractivity contribution in [1.29, 1.82) is 0 Å². The van der Waals surface area contributed by atoms with Crippen LogP contribution in [0.1, 0.15) is 27.0 Å².